The molecule has 0 N–H and O–H groups in total. The van der Waals surface area contributed by atoms with Crippen molar-refractivity contribution in [1.82, 2.24) is 43.6 Å². The summed E-state index contributed by atoms with van der Waals surface area (Å²) in [6.45, 7) is 0. The first-order valence-electron chi connectivity index (χ1n) is 50.0. The number of hydrogen-bond donors (Lipinski definition) is 0. The van der Waals surface area contributed by atoms with Gasteiger partial charge in [0, 0.05) is 200 Å². The summed E-state index contributed by atoms with van der Waals surface area (Å²) in [4.78, 5) is 32.6. The molecule has 0 atom stereocenters. The molecule has 18 heteroatoms. The predicted molar refractivity (Wildman–Crippen MR) is 626 cm³/mol. The molecule has 36 aromatic rings. The number of para-hydroxylation sites is 9. The highest BCUT2D eigenvalue weighted by Crippen LogP contribution is 2.55. The lowest BCUT2D eigenvalue weighted by Gasteiger charge is -2.12. The van der Waals surface area contributed by atoms with E-state index in [9.17, 15) is 0 Å². The summed E-state index contributed by atoms with van der Waals surface area (Å²) >= 11 is 7.41. The molecule has 36 rings (SSSR count). The molecular weight excluding hydrogens is 1920 g/mol. The van der Waals surface area contributed by atoms with E-state index in [1.54, 1.807) is 11.3 Å². The number of benzene rings is 21. The number of fused-ring (bicyclic) bond motifs is 48. The second-order valence-corrected chi connectivity index (χ2v) is 42.8. The summed E-state index contributed by atoms with van der Waals surface area (Å²) in [5, 5.41) is 31.7. The molecule has 14 nitrogen and oxygen atoms in total. The average molecular weight is 1990 g/mol. The quantitative estimate of drug-likeness (QED) is 0.156. The molecule has 0 aliphatic carbocycles. The van der Waals surface area contributed by atoms with Gasteiger partial charge in [-0.05, 0) is 115 Å². The van der Waals surface area contributed by atoms with Gasteiger partial charge in [-0.1, -0.05) is 303 Å². The Morgan fingerprint density at radius 3 is 0.887 bits per heavy atom. The maximum atomic E-state index is 6.65. The fourth-order valence-electron chi connectivity index (χ4n) is 24.3. The lowest BCUT2D eigenvalue weighted by molar-refractivity contribution is 0.662. The second-order valence-electron chi connectivity index (χ2n) is 38.6. The third-order valence-electron chi connectivity index (χ3n) is 30.6. The molecule has 21 aromatic carbocycles. The van der Waals surface area contributed by atoms with Gasteiger partial charge >= 0.3 is 0 Å². The molecule has 0 bridgehead atoms. The highest BCUT2D eigenvalue weighted by molar-refractivity contribution is 7.28. The van der Waals surface area contributed by atoms with Crippen molar-refractivity contribution in [2.45, 2.75) is 0 Å². The van der Waals surface area contributed by atoms with Crippen molar-refractivity contribution >= 4 is 334 Å². The summed E-state index contributed by atoms with van der Waals surface area (Å²) in [5.41, 5.74) is 21.7. The van der Waals surface area contributed by atoms with Crippen LogP contribution in [0.3, 0.4) is 0 Å². The Balaban J connectivity index is 0.0000000957. The molecule has 0 radical (unpaired) electrons. The van der Waals surface area contributed by atoms with Crippen LogP contribution in [-0.2, 0) is 0 Å². The van der Waals surface area contributed by atoms with Crippen molar-refractivity contribution in [3.8, 4) is 51.6 Å². The van der Waals surface area contributed by atoms with E-state index in [2.05, 4.69) is 341 Å². The van der Waals surface area contributed by atoms with Gasteiger partial charge in [-0.3, -0.25) is 13.7 Å². The molecular formula is C132H69N9O5S4. The minimum Gasteiger partial charge on any atom is -0.456 e. The molecule has 0 saturated carbocycles. The molecule has 0 saturated heterocycles. The van der Waals surface area contributed by atoms with E-state index in [4.69, 9.17) is 52.0 Å². The zero-order valence-corrected chi connectivity index (χ0v) is 82.3. The first-order chi connectivity index (χ1) is 74.4. The largest absolute Gasteiger partial charge is 0.456 e. The molecule has 0 fully saturated rings. The Morgan fingerprint density at radius 1 is 0.173 bits per heavy atom. The number of furan rings is 5. The molecule has 0 aliphatic rings. The first-order valence-corrected chi connectivity index (χ1v) is 53.3. The Morgan fingerprint density at radius 2 is 0.453 bits per heavy atom. The van der Waals surface area contributed by atoms with Gasteiger partial charge in [-0.2, -0.15) is 0 Å². The van der Waals surface area contributed by atoms with Crippen LogP contribution in [0.5, 0.6) is 0 Å². The van der Waals surface area contributed by atoms with Crippen molar-refractivity contribution in [3.63, 3.8) is 0 Å². The van der Waals surface area contributed by atoms with E-state index in [-0.39, 0.29) is 0 Å². The maximum Gasteiger partial charge on any atom is 0.236 e. The molecule has 0 spiro atoms. The average Bonchev–Trinajstić information content (AvgIpc) is 1.54. The maximum absolute atomic E-state index is 6.65. The Labute approximate surface area is 862 Å². The van der Waals surface area contributed by atoms with Gasteiger partial charge in [0.15, 0.2) is 16.7 Å². The molecule has 0 unspecified atom stereocenters. The molecule has 150 heavy (non-hydrogen) atoms. The monoisotopic (exact) mass is 1990 g/mol. The van der Waals surface area contributed by atoms with Gasteiger partial charge in [-0.15, -0.1) is 45.3 Å². The predicted octanol–water partition coefficient (Wildman–Crippen LogP) is 38.2. The van der Waals surface area contributed by atoms with E-state index in [0.29, 0.717) is 40.3 Å². The Bertz CT molecular complexity index is 11900. The highest BCUT2D eigenvalue weighted by atomic mass is 32.1. The summed E-state index contributed by atoms with van der Waals surface area (Å²) < 4.78 is 49.6. The summed E-state index contributed by atoms with van der Waals surface area (Å²) in [6.07, 6.45) is 0. The molecule has 696 valence electrons. The normalized spacial score (nSPS) is 12.4. The number of rotatable bonds is 6. The van der Waals surface area contributed by atoms with E-state index < -0.39 is 0 Å². The number of nitrogens with zero attached hydrogens (tertiary/aromatic N) is 9. The minimum absolute atomic E-state index is 0.586. The van der Waals surface area contributed by atoms with Crippen LogP contribution in [-0.4, -0.2) is 43.6 Å². The fourth-order valence-corrected chi connectivity index (χ4v) is 29.3. The van der Waals surface area contributed by atoms with E-state index in [1.807, 2.05) is 125 Å². The minimum atomic E-state index is 0.586. The number of aromatic nitrogens is 9. The summed E-state index contributed by atoms with van der Waals surface area (Å²) in [5.74, 6) is 1.82. The Hall–Kier alpha value is -19.1. The topological polar surface area (TPSA) is 158 Å². The highest BCUT2D eigenvalue weighted by Gasteiger charge is 2.33. The van der Waals surface area contributed by atoms with Crippen LogP contribution < -0.4 is 0 Å². The zero-order chi connectivity index (χ0) is 97.5. The van der Waals surface area contributed by atoms with Gasteiger partial charge < -0.3 is 22.1 Å². The Kier molecular flexibility index (Phi) is 17.1. The molecule has 15 heterocycles. The van der Waals surface area contributed by atoms with Gasteiger partial charge in [0.05, 0.1) is 33.1 Å². The van der Waals surface area contributed by atoms with E-state index in [0.717, 1.165) is 155 Å². The van der Waals surface area contributed by atoms with Gasteiger partial charge in [0.1, 0.15) is 72.7 Å². The van der Waals surface area contributed by atoms with Crippen LogP contribution in [0, 0.1) is 0 Å². The van der Waals surface area contributed by atoms with Crippen molar-refractivity contribution in [3.05, 3.63) is 419 Å². The SMILES string of the molecule is c1ccc2c(c1)oc1c(-c3cccc4c3sc3ccccc34)nc(-n3c4ccccc4c4c5c6ccccc6sc5c5ccccc5c43)nc12.c1ccc2c(c1)oc1c(-c3nc(-n4c5ccccc5c5c6c7ccccc7sc6c6ccccc6c54)nc4c3oc3ccccc34)cccc12.c1ccc2c(c1)oc1ccc(-c3nc(-n4c5ccccc5c5c6c7ccccc7sc6c6ccccc6c54)nc4c3oc3ccccc34)cc12. The van der Waals surface area contributed by atoms with E-state index in [1.165, 1.54) is 145 Å². The van der Waals surface area contributed by atoms with Crippen molar-refractivity contribution in [2.75, 3.05) is 0 Å². The second kappa shape index (κ2) is 31.2. The van der Waals surface area contributed by atoms with Crippen molar-refractivity contribution in [1.29, 1.82) is 0 Å². The third-order valence-corrected chi connectivity index (χ3v) is 35.5. The van der Waals surface area contributed by atoms with Crippen LogP contribution in [0.2, 0.25) is 0 Å². The van der Waals surface area contributed by atoms with E-state index >= 15 is 0 Å². The lowest BCUT2D eigenvalue weighted by Crippen LogP contribution is -2.03. The van der Waals surface area contributed by atoms with Crippen LogP contribution in [0.4, 0.5) is 0 Å². The van der Waals surface area contributed by atoms with Crippen LogP contribution in [0.15, 0.2) is 441 Å². The van der Waals surface area contributed by atoms with Gasteiger partial charge in [0.25, 0.3) is 0 Å². The van der Waals surface area contributed by atoms with Crippen molar-refractivity contribution < 1.29 is 22.1 Å². The van der Waals surface area contributed by atoms with Gasteiger partial charge in [0.2, 0.25) is 17.8 Å². The zero-order valence-electron chi connectivity index (χ0n) is 79.0. The fraction of sp³-hybridized carbons (Fsp3) is 0. The smallest absolute Gasteiger partial charge is 0.236 e. The van der Waals surface area contributed by atoms with Crippen molar-refractivity contribution in [2.24, 2.45) is 0 Å². The summed E-state index contributed by atoms with van der Waals surface area (Å²) in [7, 11) is 0. The van der Waals surface area contributed by atoms with Crippen LogP contribution in [0.1, 0.15) is 0 Å². The van der Waals surface area contributed by atoms with Gasteiger partial charge in [-0.25, -0.2) is 29.9 Å². The molecule has 0 aliphatic heterocycles. The molecule has 15 aromatic heterocycles. The number of hydrogen-bond acceptors (Lipinski definition) is 15. The van der Waals surface area contributed by atoms with Crippen LogP contribution in [0.25, 0.3) is 340 Å². The van der Waals surface area contributed by atoms with Crippen LogP contribution >= 0.6 is 45.3 Å². The molecule has 0 amide bonds. The number of thiophene rings is 4. The lowest BCUT2D eigenvalue weighted by atomic mass is 10.00. The third kappa shape index (κ3) is 11.6. The summed E-state index contributed by atoms with van der Waals surface area (Å²) in [6, 6.07) is 147. The standard InChI is InChI=1S/2C44H23N3O2S.C44H23N3OS2/c1-2-14-27-25(13-1)40-36(37-30-17-6-10-23-35(30)50-43(27)37)28-15-3-7-20-32(28)47(40)44-45-38-29-16-5-9-22-34(29)49-42(38)39(46-44)31-19-11-18-26-24-12-4-8-21-33(24)48-41(26)31;1-2-13-27-26(12-1)41-37(38-30-16-6-10-20-36(30)50-43(27)38)28-14-3-7-17-32(28)47(41)44-45-39(42-40(46-44)29-15-5-9-19-34(29)49-42)24-21-22-35-31(23-24)25-11-4-8-18-33(25)48-35;1-2-14-27-25(13-1)40-36(37-30-17-6-10-23-35(30)50-43(27)37)28-15-3-7-20-32(28)47(40)44-45-38-29-16-4-8-21-33(29)48-41(38)39(46-44)31-19-11-18-26-24-12-5-9-22-34(24)49-42(26)31/h3*1-23H. The first kappa shape index (κ1) is 82.2.